The molecule has 3 heteroatoms. The molecule has 1 aliphatic heterocycles. The van der Waals surface area contributed by atoms with Crippen LogP contribution in [0.1, 0.15) is 62.0 Å². The van der Waals surface area contributed by atoms with Crippen LogP contribution in [0.3, 0.4) is 0 Å². The van der Waals surface area contributed by atoms with Crippen molar-refractivity contribution in [2.75, 3.05) is 6.54 Å². The van der Waals surface area contributed by atoms with Crippen LogP contribution in [0.4, 0.5) is 0 Å². The minimum absolute atomic E-state index is 0.00644. The number of fused-ring (bicyclic) bond motifs is 1. The molecule has 0 aromatic heterocycles. The first-order valence-corrected chi connectivity index (χ1v) is 11.9. The topological polar surface area (TPSA) is 37.4 Å². The molecular weight excluding hydrogens is 394 g/mol. The maximum absolute atomic E-state index is 14.0. The highest BCUT2D eigenvalue weighted by Crippen LogP contribution is 2.57. The number of imide groups is 1. The van der Waals surface area contributed by atoms with Crippen LogP contribution in [0.15, 0.2) is 84.5 Å². The molecule has 5 rings (SSSR count). The SMILES string of the molecule is CC12C(=O)N(CCC3=CCCCC3)C(=O)C1C(c1ccccc1)C=CC2c1ccccc1. The first-order valence-electron chi connectivity index (χ1n) is 11.9. The quantitative estimate of drug-likeness (QED) is 0.435. The van der Waals surface area contributed by atoms with E-state index in [-0.39, 0.29) is 29.6 Å². The summed E-state index contributed by atoms with van der Waals surface area (Å²) in [5, 5.41) is 0. The summed E-state index contributed by atoms with van der Waals surface area (Å²) in [4.78, 5) is 29.4. The zero-order chi connectivity index (χ0) is 22.1. The van der Waals surface area contributed by atoms with Gasteiger partial charge in [0.15, 0.2) is 0 Å². The monoisotopic (exact) mass is 425 g/mol. The minimum atomic E-state index is -0.783. The molecule has 3 nitrogen and oxygen atoms in total. The second-order valence-corrected chi connectivity index (χ2v) is 9.62. The lowest BCUT2D eigenvalue weighted by Gasteiger charge is -2.41. The van der Waals surface area contributed by atoms with Gasteiger partial charge in [-0.25, -0.2) is 0 Å². The molecule has 164 valence electrons. The number of hydrogen-bond donors (Lipinski definition) is 0. The number of carbonyl (C=O) groups is 2. The molecule has 3 aliphatic rings. The van der Waals surface area contributed by atoms with E-state index in [1.54, 1.807) is 4.90 Å². The Morgan fingerprint density at radius 1 is 0.906 bits per heavy atom. The van der Waals surface area contributed by atoms with E-state index in [1.807, 2.05) is 43.3 Å². The Hall–Kier alpha value is -2.94. The number of likely N-dealkylation sites (tertiary alicyclic amines) is 1. The molecule has 2 aliphatic carbocycles. The zero-order valence-corrected chi connectivity index (χ0v) is 18.7. The number of nitrogens with zero attached hydrogens (tertiary/aromatic N) is 1. The van der Waals surface area contributed by atoms with Crippen LogP contribution >= 0.6 is 0 Å². The van der Waals surface area contributed by atoms with E-state index < -0.39 is 5.41 Å². The molecule has 0 bridgehead atoms. The molecule has 0 spiro atoms. The van der Waals surface area contributed by atoms with Gasteiger partial charge in [0, 0.05) is 18.4 Å². The van der Waals surface area contributed by atoms with Crippen molar-refractivity contribution in [2.24, 2.45) is 11.3 Å². The lowest BCUT2D eigenvalue weighted by atomic mass is 9.58. The van der Waals surface area contributed by atoms with Crippen LogP contribution in [0.5, 0.6) is 0 Å². The molecule has 1 fully saturated rings. The van der Waals surface area contributed by atoms with Crippen molar-refractivity contribution in [1.29, 1.82) is 0 Å². The van der Waals surface area contributed by atoms with Gasteiger partial charge in [0.05, 0.1) is 11.3 Å². The maximum Gasteiger partial charge on any atom is 0.236 e. The van der Waals surface area contributed by atoms with E-state index >= 15 is 0 Å². The smallest absolute Gasteiger partial charge is 0.236 e. The second kappa shape index (κ2) is 8.54. The first-order chi connectivity index (χ1) is 15.6. The Bertz CT molecular complexity index is 1060. The lowest BCUT2D eigenvalue weighted by molar-refractivity contribution is -0.141. The van der Waals surface area contributed by atoms with Crippen LogP contribution in [0.25, 0.3) is 0 Å². The fourth-order valence-electron chi connectivity index (χ4n) is 6.04. The normalized spacial score (nSPS) is 29.7. The molecule has 0 N–H and O–H groups in total. The van der Waals surface area contributed by atoms with Crippen molar-refractivity contribution in [3.8, 4) is 0 Å². The fourth-order valence-corrected chi connectivity index (χ4v) is 6.04. The standard InChI is InChI=1S/C29H31NO2/c1-29-25(23-15-9-4-10-16-23)18-17-24(22-13-7-3-8-14-22)26(29)27(31)30(28(29)32)20-19-21-11-5-2-6-12-21/h3-4,7-11,13-18,24-26H,2,5-6,12,19-20H2,1H3. The van der Waals surface area contributed by atoms with Crippen LogP contribution in [0, 0.1) is 11.3 Å². The van der Waals surface area contributed by atoms with Gasteiger partial charge in [0.1, 0.15) is 0 Å². The summed E-state index contributed by atoms with van der Waals surface area (Å²) in [6.45, 7) is 2.52. The fraction of sp³-hybridized carbons (Fsp3) is 0.379. The highest BCUT2D eigenvalue weighted by Gasteiger charge is 2.62. The van der Waals surface area contributed by atoms with Crippen LogP contribution < -0.4 is 0 Å². The Kier molecular flexibility index (Phi) is 5.58. The highest BCUT2D eigenvalue weighted by molar-refractivity contribution is 6.08. The molecule has 1 heterocycles. The molecule has 2 aromatic rings. The number of benzene rings is 2. The Morgan fingerprint density at radius 3 is 2.25 bits per heavy atom. The number of carbonyl (C=O) groups excluding carboxylic acids is 2. The van der Waals surface area contributed by atoms with Gasteiger partial charge in [-0.3, -0.25) is 14.5 Å². The third-order valence-electron chi connectivity index (χ3n) is 7.78. The third-order valence-corrected chi connectivity index (χ3v) is 7.78. The summed E-state index contributed by atoms with van der Waals surface area (Å²) in [6, 6.07) is 20.3. The Balaban J connectivity index is 1.53. The van der Waals surface area contributed by atoms with Gasteiger partial charge in [0.25, 0.3) is 0 Å². The molecule has 2 aromatic carbocycles. The first kappa shape index (κ1) is 20.9. The largest absolute Gasteiger partial charge is 0.281 e. The molecule has 0 saturated carbocycles. The van der Waals surface area contributed by atoms with Crippen molar-refractivity contribution in [2.45, 2.75) is 50.9 Å². The highest BCUT2D eigenvalue weighted by atomic mass is 16.2. The molecular formula is C29H31NO2. The number of hydrogen-bond acceptors (Lipinski definition) is 2. The van der Waals surface area contributed by atoms with Crippen molar-refractivity contribution < 1.29 is 9.59 Å². The lowest BCUT2D eigenvalue weighted by Crippen LogP contribution is -2.42. The molecule has 32 heavy (non-hydrogen) atoms. The average Bonchev–Trinajstić information content (AvgIpc) is 3.04. The summed E-state index contributed by atoms with van der Waals surface area (Å²) < 4.78 is 0. The number of rotatable bonds is 5. The summed E-state index contributed by atoms with van der Waals surface area (Å²) in [5.41, 5.74) is 2.81. The van der Waals surface area contributed by atoms with E-state index in [0.717, 1.165) is 30.4 Å². The predicted molar refractivity (Wildman–Crippen MR) is 127 cm³/mol. The zero-order valence-electron chi connectivity index (χ0n) is 18.7. The van der Waals surface area contributed by atoms with Crippen LogP contribution in [0.2, 0.25) is 0 Å². The van der Waals surface area contributed by atoms with Gasteiger partial charge in [-0.1, -0.05) is 84.5 Å². The van der Waals surface area contributed by atoms with Gasteiger partial charge in [-0.05, 0) is 50.2 Å². The predicted octanol–water partition coefficient (Wildman–Crippen LogP) is 6.01. The maximum atomic E-state index is 14.0. The molecule has 1 saturated heterocycles. The van der Waals surface area contributed by atoms with Gasteiger partial charge in [-0.2, -0.15) is 0 Å². The third kappa shape index (κ3) is 3.44. The van der Waals surface area contributed by atoms with Crippen LogP contribution in [-0.2, 0) is 9.59 Å². The van der Waals surface area contributed by atoms with Gasteiger partial charge >= 0.3 is 0 Å². The minimum Gasteiger partial charge on any atom is -0.281 e. The molecule has 0 radical (unpaired) electrons. The van der Waals surface area contributed by atoms with E-state index in [1.165, 1.54) is 18.4 Å². The van der Waals surface area contributed by atoms with Crippen molar-refractivity contribution >= 4 is 11.8 Å². The number of amides is 2. The van der Waals surface area contributed by atoms with E-state index in [2.05, 4.69) is 42.5 Å². The molecule has 4 unspecified atom stereocenters. The van der Waals surface area contributed by atoms with Gasteiger partial charge < -0.3 is 0 Å². The Morgan fingerprint density at radius 2 is 1.59 bits per heavy atom. The van der Waals surface area contributed by atoms with Gasteiger partial charge in [0.2, 0.25) is 11.8 Å². The average molecular weight is 426 g/mol. The Labute approximate surface area is 190 Å². The second-order valence-electron chi connectivity index (χ2n) is 9.62. The van der Waals surface area contributed by atoms with E-state index in [0.29, 0.717) is 6.54 Å². The summed E-state index contributed by atoms with van der Waals surface area (Å²) in [7, 11) is 0. The summed E-state index contributed by atoms with van der Waals surface area (Å²) in [5.74, 6) is -0.593. The van der Waals surface area contributed by atoms with Crippen molar-refractivity contribution in [1.82, 2.24) is 4.90 Å². The van der Waals surface area contributed by atoms with Crippen LogP contribution in [-0.4, -0.2) is 23.3 Å². The molecule has 4 atom stereocenters. The van der Waals surface area contributed by atoms with E-state index in [4.69, 9.17) is 0 Å². The summed E-state index contributed by atoms with van der Waals surface area (Å²) >= 11 is 0. The van der Waals surface area contributed by atoms with Crippen molar-refractivity contribution in [3.05, 3.63) is 95.6 Å². The van der Waals surface area contributed by atoms with Gasteiger partial charge in [-0.15, -0.1) is 0 Å². The number of allylic oxidation sites excluding steroid dienone is 3. The summed E-state index contributed by atoms with van der Waals surface area (Å²) in [6.07, 6.45) is 12.1. The molecule has 2 amide bonds. The van der Waals surface area contributed by atoms with Crippen molar-refractivity contribution in [3.63, 3.8) is 0 Å². The van der Waals surface area contributed by atoms with E-state index in [9.17, 15) is 9.59 Å².